The second-order valence-corrected chi connectivity index (χ2v) is 7.64. The topological polar surface area (TPSA) is 12.0 Å². The van der Waals surface area contributed by atoms with Crippen LogP contribution in [-0.2, 0) is 0 Å². The van der Waals surface area contributed by atoms with Crippen LogP contribution in [0.5, 0.6) is 0 Å². The van der Waals surface area contributed by atoms with Gasteiger partial charge in [-0.15, -0.1) is 0 Å². The summed E-state index contributed by atoms with van der Waals surface area (Å²) in [7, 11) is 0. The Morgan fingerprint density at radius 1 is 1.00 bits per heavy atom. The summed E-state index contributed by atoms with van der Waals surface area (Å²) in [4.78, 5) is 0. The van der Waals surface area contributed by atoms with E-state index in [0.717, 1.165) is 11.8 Å². The van der Waals surface area contributed by atoms with E-state index in [-0.39, 0.29) is 5.54 Å². The lowest BCUT2D eigenvalue weighted by atomic mass is 9.85. The largest absolute Gasteiger partial charge is 0.312 e. The van der Waals surface area contributed by atoms with Crippen LogP contribution in [0.1, 0.15) is 91.9 Å². The van der Waals surface area contributed by atoms with Crippen LogP contribution in [0.4, 0.5) is 0 Å². The molecule has 0 radical (unpaired) electrons. The van der Waals surface area contributed by atoms with E-state index in [1.54, 1.807) is 0 Å². The van der Waals surface area contributed by atoms with Gasteiger partial charge in [-0.1, -0.05) is 64.7 Å². The number of hydrogen-bond acceptors (Lipinski definition) is 1. The van der Waals surface area contributed by atoms with Crippen LogP contribution in [0.25, 0.3) is 0 Å². The van der Waals surface area contributed by atoms with Gasteiger partial charge in [-0.2, -0.15) is 0 Å². The van der Waals surface area contributed by atoms with Gasteiger partial charge in [0.05, 0.1) is 0 Å². The van der Waals surface area contributed by atoms with Crippen molar-refractivity contribution in [1.29, 1.82) is 0 Å². The van der Waals surface area contributed by atoms with Crippen molar-refractivity contribution in [2.75, 3.05) is 6.54 Å². The van der Waals surface area contributed by atoms with E-state index in [2.05, 4.69) is 33.0 Å². The van der Waals surface area contributed by atoms with Crippen molar-refractivity contribution < 1.29 is 0 Å². The molecule has 1 atom stereocenters. The Balaban J connectivity index is 2.27. The van der Waals surface area contributed by atoms with Crippen molar-refractivity contribution in [3.8, 4) is 0 Å². The molecule has 1 rings (SSSR count). The first-order chi connectivity index (χ1) is 9.03. The van der Waals surface area contributed by atoms with E-state index in [1.807, 2.05) is 0 Å². The summed E-state index contributed by atoms with van der Waals surface area (Å²) in [5.41, 5.74) is 0.277. The van der Waals surface area contributed by atoms with Gasteiger partial charge in [-0.3, -0.25) is 0 Å². The third-order valence-electron chi connectivity index (χ3n) is 4.64. The first-order valence-electron chi connectivity index (χ1n) is 8.78. The quantitative estimate of drug-likeness (QED) is 0.541. The average Bonchev–Trinajstić information content (AvgIpc) is 2.85. The standard InChI is InChI=1S/C18H37N/c1-5-6-7-8-9-14-17(15-19-18(2,3)4)16-12-10-11-13-16/h16-17,19H,5-15H2,1-4H3. The lowest BCUT2D eigenvalue weighted by Crippen LogP contribution is -2.40. The summed E-state index contributed by atoms with van der Waals surface area (Å²) < 4.78 is 0. The third-order valence-corrected chi connectivity index (χ3v) is 4.64. The molecule has 1 aliphatic rings. The van der Waals surface area contributed by atoms with Crippen molar-refractivity contribution in [1.82, 2.24) is 5.32 Å². The molecule has 1 heteroatoms. The van der Waals surface area contributed by atoms with Crippen molar-refractivity contribution >= 4 is 0 Å². The van der Waals surface area contributed by atoms with Gasteiger partial charge in [0.15, 0.2) is 0 Å². The second kappa shape index (κ2) is 9.00. The molecule has 0 aliphatic heterocycles. The van der Waals surface area contributed by atoms with Gasteiger partial charge in [0.25, 0.3) is 0 Å². The molecule has 0 amide bonds. The van der Waals surface area contributed by atoms with Crippen LogP contribution in [0.2, 0.25) is 0 Å². The molecule has 1 fully saturated rings. The smallest absolute Gasteiger partial charge is 0.00966 e. The summed E-state index contributed by atoms with van der Waals surface area (Å²) in [6, 6.07) is 0. The number of rotatable bonds is 9. The molecule has 0 aromatic carbocycles. The lowest BCUT2D eigenvalue weighted by molar-refractivity contribution is 0.267. The van der Waals surface area contributed by atoms with Crippen molar-refractivity contribution in [2.45, 2.75) is 97.4 Å². The van der Waals surface area contributed by atoms with Gasteiger partial charge < -0.3 is 5.32 Å². The van der Waals surface area contributed by atoms with Crippen LogP contribution in [0.15, 0.2) is 0 Å². The SMILES string of the molecule is CCCCCCCC(CNC(C)(C)C)C1CCCC1. The van der Waals surface area contributed by atoms with Crippen molar-refractivity contribution in [3.63, 3.8) is 0 Å². The van der Waals surface area contributed by atoms with Crippen LogP contribution in [-0.4, -0.2) is 12.1 Å². The fourth-order valence-corrected chi connectivity index (χ4v) is 3.38. The van der Waals surface area contributed by atoms with E-state index in [9.17, 15) is 0 Å². The predicted octanol–water partition coefficient (Wildman–Crippen LogP) is 5.54. The molecule has 0 bridgehead atoms. The maximum absolute atomic E-state index is 3.75. The Labute approximate surface area is 121 Å². The molecule has 0 aromatic heterocycles. The molecular formula is C18H37N. The Kier molecular flexibility index (Phi) is 8.06. The normalized spacial score (nSPS) is 18.9. The van der Waals surface area contributed by atoms with E-state index >= 15 is 0 Å². The van der Waals surface area contributed by atoms with E-state index in [4.69, 9.17) is 0 Å². The van der Waals surface area contributed by atoms with Gasteiger partial charge in [-0.05, 0) is 45.6 Å². The maximum Gasteiger partial charge on any atom is 0.00966 e. The molecule has 0 saturated heterocycles. The van der Waals surface area contributed by atoms with E-state index in [1.165, 1.54) is 70.8 Å². The molecule has 0 spiro atoms. The fraction of sp³-hybridized carbons (Fsp3) is 1.00. The highest BCUT2D eigenvalue weighted by Gasteiger charge is 2.25. The molecule has 114 valence electrons. The van der Waals surface area contributed by atoms with E-state index < -0.39 is 0 Å². The van der Waals surface area contributed by atoms with Gasteiger partial charge >= 0.3 is 0 Å². The summed E-state index contributed by atoms with van der Waals surface area (Å²) in [5.74, 6) is 1.95. The van der Waals surface area contributed by atoms with Crippen LogP contribution < -0.4 is 5.32 Å². The highest BCUT2D eigenvalue weighted by Crippen LogP contribution is 2.34. The molecular weight excluding hydrogens is 230 g/mol. The first-order valence-corrected chi connectivity index (χ1v) is 8.78. The van der Waals surface area contributed by atoms with Gasteiger partial charge in [0.2, 0.25) is 0 Å². The van der Waals surface area contributed by atoms with Crippen molar-refractivity contribution in [3.05, 3.63) is 0 Å². The summed E-state index contributed by atoms with van der Waals surface area (Å²) in [6.07, 6.45) is 14.5. The average molecular weight is 268 g/mol. The summed E-state index contributed by atoms with van der Waals surface area (Å²) in [6.45, 7) is 10.4. The minimum absolute atomic E-state index is 0.277. The molecule has 0 aromatic rings. The molecule has 1 saturated carbocycles. The third kappa shape index (κ3) is 7.97. The van der Waals surface area contributed by atoms with Gasteiger partial charge in [0, 0.05) is 5.54 Å². The van der Waals surface area contributed by atoms with Crippen LogP contribution in [0, 0.1) is 11.8 Å². The predicted molar refractivity (Wildman–Crippen MR) is 86.6 cm³/mol. The fourth-order valence-electron chi connectivity index (χ4n) is 3.38. The Bertz CT molecular complexity index is 210. The number of nitrogens with one attached hydrogen (secondary N) is 1. The second-order valence-electron chi connectivity index (χ2n) is 7.64. The molecule has 1 nitrogen and oxygen atoms in total. The first kappa shape index (κ1) is 17.0. The zero-order valence-corrected chi connectivity index (χ0v) is 13.9. The molecule has 1 N–H and O–H groups in total. The maximum atomic E-state index is 3.75. The van der Waals surface area contributed by atoms with Crippen molar-refractivity contribution in [2.24, 2.45) is 11.8 Å². The Morgan fingerprint density at radius 2 is 1.63 bits per heavy atom. The molecule has 1 unspecified atom stereocenters. The Hall–Kier alpha value is -0.0400. The van der Waals surface area contributed by atoms with E-state index in [0.29, 0.717) is 0 Å². The van der Waals surface area contributed by atoms with Gasteiger partial charge in [-0.25, -0.2) is 0 Å². The van der Waals surface area contributed by atoms with Crippen LogP contribution >= 0.6 is 0 Å². The van der Waals surface area contributed by atoms with Crippen LogP contribution in [0.3, 0.4) is 0 Å². The highest BCUT2D eigenvalue weighted by molar-refractivity contribution is 4.80. The minimum Gasteiger partial charge on any atom is -0.312 e. The molecule has 19 heavy (non-hydrogen) atoms. The Morgan fingerprint density at radius 3 is 2.21 bits per heavy atom. The lowest BCUT2D eigenvalue weighted by Gasteiger charge is -2.29. The molecule has 1 aliphatic carbocycles. The monoisotopic (exact) mass is 267 g/mol. The van der Waals surface area contributed by atoms with Gasteiger partial charge in [0.1, 0.15) is 0 Å². The summed E-state index contributed by atoms with van der Waals surface area (Å²) in [5, 5.41) is 3.75. The molecule has 0 heterocycles. The summed E-state index contributed by atoms with van der Waals surface area (Å²) >= 11 is 0. The number of unbranched alkanes of at least 4 members (excludes halogenated alkanes) is 4. The highest BCUT2D eigenvalue weighted by atomic mass is 14.9. The number of hydrogen-bond donors (Lipinski definition) is 1. The zero-order chi connectivity index (χ0) is 14.1. The minimum atomic E-state index is 0.277. The zero-order valence-electron chi connectivity index (χ0n) is 13.9.